The molecule has 4 unspecified atom stereocenters. The van der Waals surface area contributed by atoms with Gasteiger partial charge in [0, 0.05) is 25.2 Å². The molecule has 2 aromatic heterocycles. The molecule has 0 aromatic carbocycles. The third kappa shape index (κ3) is 5.30. The van der Waals surface area contributed by atoms with Gasteiger partial charge >= 0.3 is 0 Å². The molecule has 0 spiro atoms. The van der Waals surface area contributed by atoms with Crippen LogP contribution in [0.4, 0.5) is 0 Å². The van der Waals surface area contributed by atoms with E-state index in [-0.39, 0.29) is 36.5 Å². The summed E-state index contributed by atoms with van der Waals surface area (Å²) in [4.78, 5) is 0. The average Bonchev–Trinajstić information content (AvgIpc) is 3.31. The van der Waals surface area contributed by atoms with Crippen molar-refractivity contribution >= 4 is 0 Å². The summed E-state index contributed by atoms with van der Waals surface area (Å²) in [5.41, 5.74) is 2.26. The van der Waals surface area contributed by atoms with Gasteiger partial charge in [-0.05, 0) is 45.1 Å². The highest BCUT2D eigenvalue weighted by molar-refractivity contribution is 5.10. The summed E-state index contributed by atoms with van der Waals surface area (Å²) >= 11 is 0. The average molecular weight is 418 g/mol. The zero-order chi connectivity index (χ0) is 22.0. The topological polar surface area (TPSA) is 67.0 Å². The van der Waals surface area contributed by atoms with Crippen LogP contribution in [-0.2, 0) is 9.47 Å². The van der Waals surface area contributed by atoms with Gasteiger partial charge in [-0.3, -0.25) is 4.68 Å². The monoisotopic (exact) mass is 417 g/mol. The maximum Gasteiger partial charge on any atom is 0.0852 e. The fourth-order valence-corrected chi connectivity index (χ4v) is 4.19. The van der Waals surface area contributed by atoms with E-state index < -0.39 is 0 Å². The van der Waals surface area contributed by atoms with Crippen molar-refractivity contribution < 1.29 is 9.47 Å². The highest BCUT2D eigenvalue weighted by atomic mass is 16.5. The van der Waals surface area contributed by atoms with E-state index in [1.807, 2.05) is 10.9 Å². The van der Waals surface area contributed by atoms with Crippen molar-refractivity contribution in [1.82, 2.24) is 24.8 Å². The summed E-state index contributed by atoms with van der Waals surface area (Å²) in [6.45, 7) is 17.0. The first-order chi connectivity index (χ1) is 14.2. The lowest BCUT2D eigenvalue weighted by molar-refractivity contribution is -0.116. The molecule has 1 saturated carbocycles. The molecule has 0 amide bonds. The fourth-order valence-electron chi connectivity index (χ4n) is 4.19. The van der Waals surface area contributed by atoms with Gasteiger partial charge in [0.15, 0.2) is 0 Å². The van der Waals surface area contributed by atoms with Gasteiger partial charge in [0.2, 0.25) is 0 Å². The summed E-state index contributed by atoms with van der Waals surface area (Å²) in [7, 11) is 0. The van der Waals surface area contributed by atoms with Crippen LogP contribution < -0.4 is 0 Å². The van der Waals surface area contributed by atoms with E-state index in [0.717, 1.165) is 18.5 Å². The van der Waals surface area contributed by atoms with E-state index in [1.54, 1.807) is 0 Å². The lowest BCUT2D eigenvalue weighted by Crippen LogP contribution is -2.45. The molecule has 0 bridgehead atoms. The Kier molecular flexibility index (Phi) is 7.34. The van der Waals surface area contributed by atoms with E-state index >= 15 is 0 Å². The van der Waals surface area contributed by atoms with E-state index in [1.165, 1.54) is 5.56 Å². The molecule has 0 radical (unpaired) electrons. The second-order valence-electron chi connectivity index (χ2n) is 9.74. The minimum Gasteiger partial charge on any atom is -0.373 e. The van der Waals surface area contributed by atoms with E-state index in [0.29, 0.717) is 11.8 Å². The molecule has 3 rings (SSSR count). The Morgan fingerprint density at radius 2 is 1.37 bits per heavy atom. The summed E-state index contributed by atoms with van der Waals surface area (Å²) in [6.07, 6.45) is 8.21. The zero-order valence-electron chi connectivity index (χ0n) is 19.8. The fraction of sp³-hybridized carbons (Fsp3) is 0.783. The molecule has 1 aliphatic carbocycles. The molecule has 0 aliphatic heterocycles. The van der Waals surface area contributed by atoms with E-state index in [4.69, 9.17) is 14.6 Å². The van der Waals surface area contributed by atoms with Gasteiger partial charge in [0.1, 0.15) is 0 Å². The summed E-state index contributed by atoms with van der Waals surface area (Å²) < 4.78 is 16.9. The van der Waals surface area contributed by atoms with Gasteiger partial charge in [-0.1, -0.05) is 32.9 Å². The molecular weight excluding hydrogens is 378 g/mol. The van der Waals surface area contributed by atoms with Crippen LogP contribution in [0.25, 0.3) is 0 Å². The Morgan fingerprint density at radius 1 is 0.800 bits per heavy atom. The molecule has 1 aliphatic rings. The predicted octanol–water partition coefficient (Wildman–Crippen LogP) is 4.88. The second kappa shape index (κ2) is 9.60. The summed E-state index contributed by atoms with van der Waals surface area (Å²) in [5, 5.41) is 13.6. The van der Waals surface area contributed by atoms with Crippen LogP contribution >= 0.6 is 0 Å². The number of rotatable bonds is 8. The van der Waals surface area contributed by atoms with Crippen molar-refractivity contribution in [2.24, 2.45) is 0 Å². The smallest absolute Gasteiger partial charge is 0.0852 e. The van der Waals surface area contributed by atoms with Crippen molar-refractivity contribution in [2.45, 2.75) is 117 Å². The molecule has 30 heavy (non-hydrogen) atoms. The quantitative estimate of drug-likeness (QED) is 0.612. The molecular formula is C23H39N5O2. The molecule has 1 fully saturated rings. The zero-order valence-corrected chi connectivity index (χ0v) is 19.8. The molecule has 0 N–H and O–H groups in total. The van der Waals surface area contributed by atoms with E-state index in [2.05, 4.69) is 82.8 Å². The lowest BCUT2D eigenvalue weighted by Gasteiger charge is -2.42. The lowest BCUT2D eigenvalue weighted by atomic mass is 9.85. The summed E-state index contributed by atoms with van der Waals surface area (Å²) in [6, 6.07) is 0.223. The molecule has 7 nitrogen and oxygen atoms in total. The second-order valence-corrected chi connectivity index (χ2v) is 9.74. The third-order valence-electron chi connectivity index (χ3n) is 5.79. The molecule has 4 atom stereocenters. The molecule has 7 heteroatoms. The van der Waals surface area contributed by atoms with Crippen LogP contribution in [0.3, 0.4) is 0 Å². The van der Waals surface area contributed by atoms with Crippen molar-refractivity contribution in [3.8, 4) is 0 Å². The molecule has 2 heterocycles. The SMILES string of the molecule is CC(C)OC1CC(n2cc(C(C)C)nn2)C(OC(C)C)CC1n1cc(C(C)C)cn1. The number of hydrogen-bond donors (Lipinski definition) is 0. The van der Waals surface area contributed by atoms with Crippen LogP contribution in [0.15, 0.2) is 18.6 Å². The van der Waals surface area contributed by atoms with Gasteiger partial charge < -0.3 is 9.47 Å². The van der Waals surface area contributed by atoms with Crippen LogP contribution in [0.5, 0.6) is 0 Å². The van der Waals surface area contributed by atoms with Crippen LogP contribution in [-0.4, -0.2) is 49.2 Å². The first kappa shape index (κ1) is 22.9. The minimum absolute atomic E-state index is 0.0235. The van der Waals surface area contributed by atoms with Gasteiger partial charge in [0.05, 0.1) is 48.4 Å². The Balaban J connectivity index is 1.92. The van der Waals surface area contributed by atoms with Gasteiger partial charge in [-0.15, -0.1) is 5.10 Å². The Labute approximate surface area is 181 Å². The van der Waals surface area contributed by atoms with Crippen molar-refractivity contribution in [3.63, 3.8) is 0 Å². The third-order valence-corrected chi connectivity index (χ3v) is 5.79. The Hall–Kier alpha value is -1.73. The van der Waals surface area contributed by atoms with Crippen LogP contribution in [0.1, 0.15) is 103 Å². The number of ether oxygens (including phenoxy) is 2. The maximum absolute atomic E-state index is 6.41. The number of aromatic nitrogens is 5. The predicted molar refractivity (Wildman–Crippen MR) is 118 cm³/mol. The number of nitrogens with zero attached hydrogens (tertiary/aromatic N) is 5. The van der Waals surface area contributed by atoms with Crippen molar-refractivity contribution in [1.29, 1.82) is 0 Å². The minimum atomic E-state index is 0.0235. The standard InChI is InChI=1S/C23H39N5O2/c1-14(2)18-11-24-27(12-18)20-9-23(30-17(7)8)21(10-22(20)29-16(5)6)28-13-19(15(3)4)25-26-28/h11-17,20-23H,9-10H2,1-8H3. The largest absolute Gasteiger partial charge is 0.373 e. The van der Waals surface area contributed by atoms with Gasteiger partial charge in [0.25, 0.3) is 0 Å². The van der Waals surface area contributed by atoms with Crippen LogP contribution in [0, 0.1) is 0 Å². The van der Waals surface area contributed by atoms with Crippen molar-refractivity contribution in [2.75, 3.05) is 0 Å². The molecule has 168 valence electrons. The van der Waals surface area contributed by atoms with Gasteiger partial charge in [-0.2, -0.15) is 5.10 Å². The Bertz CT molecular complexity index is 729. The molecule has 2 aromatic rings. The van der Waals surface area contributed by atoms with Crippen LogP contribution in [0.2, 0.25) is 0 Å². The maximum atomic E-state index is 6.41. The Morgan fingerprint density at radius 3 is 1.80 bits per heavy atom. The summed E-state index contributed by atoms with van der Waals surface area (Å²) in [5.74, 6) is 0.799. The first-order valence-electron chi connectivity index (χ1n) is 11.4. The highest BCUT2D eigenvalue weighted by Crippen LogP contribution is 2.40. The van der Waals surface area contributed by atoms with Crippen molar-refractivity contribution in [3.05, 3.63) is 29.8 Å². The van der Waals surface area contributed by atoms with E-state index in [9.17, 15) is 0 Å². The highest BCUT2D eigenvalue weighted by Gasteiger charge is 2.42. The van der Waals surface area contributed by atoms with Gasteiger partial charge in [-0.25, -0.2) is 4.68 Å². The molecule has 0 saturated heterocycles. The first-order valence-corrected chi connectivity index (χ1v) is 11.4. The number of hydrogen-bond acceptors (Lipinski definition) is 5. The normalized spacial score (nSPS) is 25.2.